The summed E-state index contributed by atoms with van der Waals surface area (Å²) in [4.78, 5) is 4.30. The van der Waals surface area contributed by atoms with Gasteiger partial charge in [0.15, 0.2) is 5.96 Å². The van der Waals surface area contributed by atoms with Gasteiger partial charge in [-0.05, 0) is 41.8 Å². The zero-order valence-corrected chi connectivity index (χ0v) is 14.2. The van der Waals surface area contributed by atoms with Crippen molar-refractivity contribution < 1.29 is 8.42 Å². The van der Waals surface area contributed by atoms with Crippen LogP contribution in [0.2, 0.25) is 0 Å². The zero-order chi connectivity index (χ0) is 17.0. The van der Waals surface area contributed by atoms with Crippen LogP contribution in [0.15, 0.2) is 53.5 Å². The van der Waals surface area contributed by atoms with Crippen LogP contribution in [0.25, 0.3) is 0 Å². The molecule has 0 aromatic heterocycles. The normalized spacial score (nSPS) is 14.0. The van der Waals surface area contributed by atoms with E-state index in [1.807, 2.05) is 24.3 Å². The average molecular weight is 344 g/mol. The van der Waals surface area contributed by atoms with E-state index in [1.165, 1.54) is 5.56 Å². The summed E-state index contributed by atoms with van der Waals surface area (Å²) in [5.41, 5.74) is 3.88. The Kier molecular flexibility index (Phi) is 4.71. The second-order valence-electron chi connectivity index (χ2n) is 5.73. The van der Waals surface area contributed by atoms with E-state index in [2.05, 4.69) is 32.5 Å². The highest BCUT2D eigenvalue weighted by Crippen LogP contribution is 2.16. The van der Waals surface area contributed by atoms with Crippen LogP contribution in [0.5, 0.6) is 0 Å². The summed E-state index contributed by atoms with van der Waals surface area (Å²) in [5.74, 6) is 0.816. The zero-order valence-electron chi connectivity index (χ0n) is 13.4. The quantitative estimate of drug-likeness (QED) is 0.775. The Labute approximate surface area is 142 Å². The van der Waals surface area contributed by atoms with Gasteiger partial charge in [-0.15, -0.1) is 0 Å². The van der Waals surface area contributed by atoms with Gasteiger partial charge in [-0.25, -0.2) is 8.42 Å². The maximum Gasteiger partial charge on any atom is 0.229 e. The number of hydrogen-bond acceptors (Lipinski definition) is 5. The van der Waals surface area contributed by atoms with Crippen LogP contribution in [-0.2, 0) is 16.4 Å². The Morgan fingerprint density at radius 3 is 2.08 bits per heavy atom. The predicted molar refractivity (Wildman–Crippen MR) is 98.1 cm³/mol. The fourth-order valence-electron chi connectivity index (χ4n) is 2.46. The molecule has 2 aromatic carbocycles. The molecule has 2 aromatic rings. The van der Waals surface area contributed by atoms with Gasteiger partial charge in [-0.3, -0.25) is 9.71 Å². The third-order valence-corrected chi connectivity index (χ3v) is 4.16. The van der Waals surface area contributed by atoms with Crippen molar-refractivity contribution in [3.05, 3.63) is 59.7 Å². The summed E-state index contributed by atoms with van der Waals surface area (Å²) in [6.45, 7) is 1.69. The molecule has 0 bridgehead atoms. The lowest BCUT2D eigenvalue weighted by atomic mass is 10.0. The van der Waals surface area contributed by atoms with Gasteiger partial charge in [0.05, 0.1) is 12.8 Å². The van der Waals surface area contributed by atoms with E-state index >= 15 is 0 Å². The number of rotatable bonds is 5. The molecule has 3 rings (SSSR count). The number of hydrogen-bond donors (Lipinski definition) is 3. The second-order valence-corrected chi connectivity index (χ2v) is 7.48. The highest BCUT2D eigenvalue weighted by atomic mass is 32.2. The lowest BCUT2D eigenvalue weighted by molar-refractivity contribution is 0.607. The summed E-state index contributed by atoms with van der Waals surface area (Å²) >= 11 is 0. The minimum absolute atomic E-state index is 0.575. The molecule has 0 saturated carbocycles. The molecular weight excluding hydrogens is 324 g/mol. The average Bonchev–Trinajstić information content (AvgIpc) is 3.03. The van der Waals surface area contributed by atoms with Crippen molar-refractivity contribution in [3.8, 4) is 0 Å². The molecule has 0 aliphatic carbocycles. The molecule has 7 heteroatoms. The van der Waals surface area contributed by atoms with Crippen LogP contribution in [0.1, 0.15) is 11.1 Å². The van der Waals surface area contributed by atoms with Crippen molar-refractivity contribution in [2.24, 2.45) is 4.99 Å². The molecule has 0 fully saturated rings. The molecule has 1 aliphatic rings. The smallest absolute Gasteiger partial charge is 0.229 e. The first-order valence-corrected chi connectivity index (χ1v) is 9.58. The van der Waals surface area contributed by atoms with Crippen molar-refractivity contribution in [2.75, 3.05) is 29.4 Å². The van der Waals surface area contributed by atoms with Crippen LogP contribution in [0.4, 0.5) is 11.4 Å². The van der Waals surface area contributed by atoms with E-state index in [4.69, 9.17) is 0 Å². The van der Waals surface area contributed by atoms with Crippen molar-refractivity contribution in [1.82, 2.24) is 5.32 Å². The van der Waals surface area contributed by atoms with Crippen LogP contribution >= 0.6 is 0 Å². The number of anilines is 2. The Balaban J connectivity index is 1.61. The Morgan fingerprint density at radius 2 is 1.58 bits per heavy atom. The number of nitrogens with zero attached hydrogens (tertiary/aromatic N) is 1. The van der Waals surface area contributed by atoms with E-state index in [0.717, 1.165) is 43.0 Å². The summed E-state index contributed by atoms with van der Waals surface area (Å²) in [5, 5.41) is 6.41. The van der Waals surface area contributed by atoms with Gasteiger partial charge in [0, 0.05) is 17.9 Å². The van der Waals surface area contributed by atoms with Crippen LogP contribution in [-0.4, -0.2) is 33.7 Å². The molecule has 0 unspecified atom stereocenters. The first kappa shape index (κ1) is 16.3. The standard InChI is InChI=1S/C17H20N4O2S/c1-24(22,23)21-16-8-4-14(5-9-16)12-13-2-6-15(7-3-13)20-17-18-10-11-19-17/h2-9,21H,10-12H2,1H3,(H2,18,19,20). The van der Waals surface area contributed by atoms with Crippen molar-refractivity contribution >= 4 is 27.4 Å². The molecule has 24 heavy (non-hydrogen) atoms. The maximum absolute atomic E-state index is 11.2. The maximum atomic E-state index is 11.2. The summed E-state index contributed by atoms with van der Waals surface area (Å²) in [6.07, 6.45) is 1.93. The molecule has 1 heterocycles. The van der Waals surface area contributed by atoms with Gasteiger partial charge in [0.25, 0.3) is 0 Å². The van der Waals surface area contributed by atoms with Gasteiger partial charge in [-0.2, -0.15) is 0 Å². The molecule has 3 N–H and O–H groups in total. The molecule has 126 valence electrons. The van der Waals surface area contributed by atoms with Gasteiger partial charge in [0.1, 0.15) is 0 Å². The minimum Gasteiger partial charge on any atom is -0.354 e. The Morgan fingerprint density at radius 1 is 1.00 bits per heavy atom. The Bertz CT molecular complexity index is 828. The molecule has 0 spiro atoms. The van der Waals surface area contributed by atoms with Crippen molar-refractivity contribution in [1.29, 1.82) is 0 Å². The van der Waals surface area contributed by atoms with E-state index < -0.39 is 10.0 Å². The van der Waals surface area contributed by atoms with Gasteiger partial charge in [0.2, 0.25) is 10.0 Å². The SMILES string of the molecule is CS(=O)(=O)Nc1ccc(Cc2ccc(NC3=NCCN3)cc2)cc1. The lowest BCUT2D eigenvalue weighted by Crippen LogP contribution is -2.26. The first-order chi connectivity index (χ1) is 11.5. The summed E-state index contributed by atoms with van der Waals surface area (Å²) in [7, 11) is -3.24. The minimum atomic E-state index is -3.24. The van der Waals surface area contributed by atoms with E-state index in [-0.39, 0.29) is 0 Å². The third kappa shape index (κ3) is 4.73. The van der Waals surface area contributed by atoms with Gasteiger partial charge >= 0.3 is 0 Å². The molecule has 0 amide bonds. The largest absolute Gasteiger partial charge is 0.354 e. The van der Waals surface area contributed by atoms with Gasteiger partial charge in [-0.1, -0.05) is 24.3 Å². The Hall–Kier alpha value is -2.54. The van der Waals surface area contributed by atoms with Crippen molar-refractivity contribution in [2.45, 2.75) is 6.42 Å². The topological polar surface area (TPSA) is 82.6 Å². The first-order valence-electron chi connectivity index (χ1n) is 7.69. The summed E-state index contributed by atoms with van der Waals surface area (Å²) < 4.78 is 24.9. The summed E-state index contributed by atoms with van der Waals surface area (Å²) in [6, 6.07) is 15.6. The van der Waals surface area contributed by atoms with E-state index in [0.29, 0.717) is 5.69 Å². The van der Waals surface area contributed by atoms with Crippen LogP contribution in [0.3, 0.4) is 0 Å². The highest BCUT2D eigenvalue weighted by molar-refractivity contribution is 7.92. The van der Waals surface area contributed by atoms with Crippen LogP contribution < -0.4 is 15.4 Å². The predicted octanol–water partition coefficient (Wildman–Crippen LogP) is 2.02. The molecule has 0 radical (unpaired) electrons. The number of benzene rings is 2. The molecule has 6 nitrogen and oxygen atoms in total. The molecular formula is C17H20N4O2S. The fourth-order valence-corrected chi connectivity index (χ4v) is 3.03. The number of aliphatic imine (C=N–C) groups is 1. The van der Waals surface area contributed by atoms with Crippen molar-refractivity contribution in [3.63, 3.8) is 0 Å². The molecule has 1 aliphatic heterocycles. The number of nitrogens with one attached hydrogen (secondary N) is 3. The number of guanidine groups is 1. The number of sulfonamides is 1. The fraction of sp³-hybridized carbons (Fsp3) is 0.235. The monoisotopic (exact) mass is 344 g/mol. The van der Waals surface area contributed by atoms with E-state index in [9.17, 15) is 8.42 Å². The van der Waals surface area contributed by atoms with E-state index in [1.54, 1.807) is 12.1 Å². The highest BCUT2D eigenvalue weighted by Gasteiger charge is 2.05. The second kappa shape index (κ2) is 6.92. The lowest BCUT2D eigenvalue weighted by Gasteiger charge is -2.08. The molecule has 0 saturated heterocycles. The van der Waals surface area contributed by atoms with Gasteiger partial charge < -0.3 is 10.6 Å². The molecule has 0 atom stereocenters. The third-order valence-electron chi connectivity index (χ3n) is 3.56. The van der Waals surface area contributed by atoms with Crippen LogP contribution in [0, 0.1) is 0 Å².